The molecule has 0 fully saturated rings. The Morgan fingerprint density at radius 2 is 2.04 bits per heavy atom. The van der Waals surface area contributed by atoms with Crippen molar-refractivity contribution in [3.63, 3.8) is 0 Å². The zero-order chi connectivity index (χ0) is 18.8. The third-order valence-corrected chi connectivity index (χ3v) is 4.03. The van der Waals surface area contributed by atoms with Crippen molar-refractivity contribution in [1.82, 2.24) is 9.97 Å². The fourth-order valence-electron chi connectivity index (χ4n) is 2.83. The van der Waals surface area contributed by atoms with Gasteiger partial charge < -0.3 is 14.5 Å². The molecule has 0 aliphatic rings. The maximum Gasteiger partial charge on any atom is 0.376 e. The van der Waals surface area contributed by atoms with E-state index >= 15 is 0 Å². The molecule has 0 radical (unpaired) electrons. The van der Waals surface area contributed by atoms with E-state index in [1.165, 1.54) is 12.1 Å². The van der Waals surface area contributed by atoms with Crippen LogP contribution in [0.4, 0.5) is 10.2 Å². The Morgan fingerprint density at radius 3 is 2.85 bits per heavy atom. The number of hydrogen-bond donors (Lipinski definition) is 1. The van der Waals surface area contributed by atoms with Gasteiger partial charge in [-0.1, -0.05) is 24.3 Å². The first kappa shape index (κ1) is 17.0. The molecule has 2 heterocycles. The fourth-order valence-corrected chi connectivity index (χ4v) is 2.83. The summed E-state index contributed by atoms with van der Waals surface area (Å²) in [7, 11) is 0. The lowest BCUT2D eigenvalue weighted by atomic mass is 10.2. The lowest BCUT2D eigenvalue weighted by Crippen LogP contribution is -2.12. The molecule has 0 aliphatic carbocycles. The van der Waals surface area contributed by atoms with Crippen molar-refractivity contribution >= 4 is 33.9 Å². The summed E-state index contributed by atoms with van der Waals surface area (Å²) in [5, 5.41) is 3.88. The predicted octanol–water partition coefficient (Wildman–Crippen LogP) is 4.30. The molecule has 0 bridgehead atoms. The van der Waals surface area contributed by atoms with Crippen LogP contribution in [-0.2, 0) is 11.3 Å². The minimum atomic E-state index is -0.613. The van der Waals surface area contributed by atoms with Gasteiger partial charge in [0.15, 0.2) is 11.4 Å². The number of furan rings is 1. The molecule has 0 saturated heterocycles. The third kappa shape index (κ3) is 3.31. The second kappa shape index (κ2) is 7.03. The van der Waals surface area contributed by atoms with Crippen LogP contribution in [0.2, 0.25) is 0 Å². The van der Waals surface area contributed by atoms with Crippen LogP contribution < -0.4 is 5.32 Å². The summed E-state index contributed by atoms with van der Waals surface area (Å²) in [6.07, 6.45) is 0. The molecule has 4 rings (SSSR count). The molecule has 1 N–H and O–H groups in total. The molecular weight excluding hydrogens is 349 g/mol. The Kier molecular flexibility index (Phi) is 4.42. The largest absolute Gasteiger partial charge is 0.460 e. The van der Waals surface area contributed by atoms with Gasteiger partial charge in [0, 0.05) is 11.9 Å². The van der Waals surface area contributed by atoms with Crippen LogP contribution in [0.3, 0.4) is 0 Å². The SMILES string of the molecule is CCOC(=O)c1nc(NCc2cccc(F)c2)c2oc3ccccc3c2n1. The van der Waals surface area contributed by atoms with E-state index in [-0.39, 0.29) is 18.2 Å². The number of carbonyl (C=O) groups excluding carboxylic acids is 1. The Balaban J connectivity index is 1.80. The minimum absolute atomic E-state index is 0.0577. The molecule has 136 valence electrons. The van der Waals surface area contributed by atoms with Crippen LogP contribution in [-0.4, -0.2) is 22.5 Å². The second-order valence-electron chi connectivity index (χ2n) is 5.88. The van der Waals surface area contributed by atoms with Crippen molar-refractivity contribution in [3.05, 3.63) is 65.7 Å². The smallest absolute Gasteiger partial charge is 0.376 e. The van der Waals surface area contributed by atoms with E-state index in [0.717, 1.165) is 10.9 Å². The molecule has 0 aliphatic heterocycles. The highest BCUT2D eigenvalue weighted by Gasteiger charge is 2.19. The van der Waals surface area contributed by atoms with Crippen LogP contribution in [0.25, 0.3) is 22.1 Å². The first-order valence-corrected chi connectivity index (χ1v) is 8.50. The number of aromatic nitrogens is 2. The number of rotatable bonds is 5. The van der Waals surface area contributed by atoms with Gasteiger partial charge in [0.1, 0.15) is 16.9 Å². The van der Waals surface area contributed by atoms with Gasteiger partial charge in [-0.15, -0.1) is 0 Å². The second-order valence-corrected chi connectivity index (χ2v) is 5.88. The van der Waals surface area contributed by atoms with Gasteiger partial charge in [-0.3, -0.25) is 0 Å². The van der Waals surface area contributed by atoms with E-state index in [1.807, 2.05) is 24.3 Å². The van der Waals surface area contributed by atoms with Gasteiger partial charge in [-0.25, -0.2) is 19.2 Å². The van der Waals surface area contributed by atoms with E-state index < -0.39 is 5.97 Å². The lowest BCUT2D eigenvalue weighted by Gasteiger charge is -2.08. The van der Waals surface area contributed by atoms with E-state index in [0.29, 0.717) is 29.0 Å². The number of ether oxygens (including phenoxy) is 1. The van der Waals surface area contributed by atoms with E-state index in [9.17, 15) is 9.18 Å². The highest BCUT2D eigenvalue weighted by Crippen LogP contribution is 2.31. The summed E-state index contributed by atoms with van der Waals surface area (Å²) in [4.78, 5) is 20.8. The molecule has 0 atom stereocenters. The number of anilines is 1. The zero-order valence-electron chi connectivity index (χ0n) is 14.5. The average molecular weight is 365 g/mol. The number of fused-ring (bicyclic) bond motifs is 3. The third-order valence-electron chi connectivity index (χ3n) is 4.03. The minimum Gasteiger partial charge on any atom is -0.460 e. The van der Waals surface area contributed by atoms with Crippen molar-refractivity contribution in [3.8, 4) is 0 Å². The predicted molar refractivity (Wildman–Crippen MR) is 99.0 cm³/mol. The number of nitrogens with zero attached hydrogens (tertiary/aromatic N) is 2. The van der Waals surface area contributed by atoms with Gasteiger partial charge in [0.2, 0.25) is 5.82 Å². The van der Waals surface area contributed by atoms with Gasteiger partial charge in [0.05, 0.1) is 6.61 Å². The van der Waals surface area contributed by atoms with Gasteiger partial charge in [0.25, 0.3) is 0 Å². The van der Waals surface area contributed by atoms with Crippen molar-refractivity contribution in [2.24, 2.45) is 0 Å². The first-order valence-electron chi connectivity index (χ1n) is 8.50. The highest BCUT2D eigenvalue weighted by atomic mass is 19.1. The number of nitrogens with one attached hydrogen (secondary N) is 1. The number of hydrogen-bond acceptors (Lipinski definition) is 6. The van der Waals surface area contributed by atoms with Crippen LogP contribution in [0.5, 0.6) is 0 Å². The molecule has 7 heteroatoms. The molecule has 0 spiro atoms. The normalized spacial score (nSPS) is 11.0. The number of para-hydroxylation sites is 1. The van der Waals surface area contributed by atoms with Crippen molar-refractivity contribution in [1.29, 1.82) is 0 Å². The topological polar surface area (TPSA) is 77.2 Å². The summed E-state index contributed by atoms with van der Waals surface area (Å²) in [5.41, 5.74) is 2.32. The molecule has 0 amide bonds. The molecule has 2 aromatic carbocycles. The van der Waals surface area contributed by atoms with Gasteiger partial charge >= 0.3 is 5.97 Å². The van der Waals surface area contributed by atoms with Crippen LogP contribution in [0.15, 0.2) is 52.9 Å². The van der Waals surface area contributed by atoms with Gasteiger partial charge in [-0.2, -0.15) is 0 Å². The van der Waals surface area contributed by atoms with Gasteiger partial charge in [-0.05, 0) is 36.8 Å². The Bertz CT molecular complexity index is 1140. The van der Waals surface area contributed by atoms with Crippen molar-refractivity contribution < 1.29 is 18.3 Å². The fraction of sp³-hybridized carbons (Fsp3) is 0.150. The zero-order valence-corrected chi connectivity index (χ0v) is 14.5. The maximum absolute atomic E-state index is 13.4. The summed E-state index contributed by atoms with van der Waals surface area (Å²) in [5.74, 6) is -0.641. The Hall–Kier alpha value is -3.48. The highest BCUT2D eigenvalue weighted by molar-refractivity contribution is 6.06. The quantitative estimate of drug-likeness (QED) is 0.531. The summed E-state index contributed by atoms with van der Waals surface area (Å²) >= 11 is 0. The lowest BCUT2D eigenvalue weighted by molar-refractivity contribution is 0.0512. The molecule has 0 unspecified atom stereocenters. The summed E-state index contributed by atoms with van der Waals surface area (Å²) in [6.45, 7) is 2.24. The van der Waals surface area contributed by atoms with E-state index in [4.69, 9.17) is 9.15 Å². The van der Waals surface area contributed by atoms with Crippen LogP contribution in [0, 0.1) is 5.82 Å². The van der Waals surface area contributed by atoms with Crippen molar-refractivity contribution in [2.75, 3.05) is 11.9 Å². The Labute approximate surface area is 154 Å². The maximum atomic E-state index is 13.4. The molecule has 0 saturated carbocycles. The molecule has 2 aromatic heterocycles. The Morgan fingerprint density at radius 1 is 1.19 bits per heavy atom. The molecule has 6 nitrogen and oxygen atoms in total. The van der Waals surface area contributed by atoms with Crippen molar-refractivity contribution in [2.45, 2.75) is 13.5 Å². The number of esters is 1. The van der Waals surface area contributed by atoms with Crippen LogP contribution in [0.1, 0.15) is 23.1 Å². The first-order chi connectivity index (χ1) is 13.2. The molecule has 4 aromatic rings. The van der Waals surface area contributed by atoms with E-state index in [2.05, 4.69) is 15.3 Å². The summed E-state index contributed by atoms with van der Waals surface area (Å²) < 4.78 is 24.3. The van der Waals surface area contributed by atoms with Crippen LogP contribution >= 0.6 is 0 Å². The number of benzene rings is 2. The summed E-state index contributed by atoms with van der Waals surface area (Å²) in [6, 6.07) is 13.6. The number of halogens is 1. The van der Waals surface area contributed by atoms with E-state index in [1.54, 1.807) is 19.1 Å². The monoisotopic (exact) mass is 365 g/mol. The average Bonchev–Trinajstić information content (AvgIpc) is 3.05. The molecular formula is C20H16FN3O3. The standard InChI is InChI=1S/C20H16FN3O3/c1-2-26-20(25)19-23-16-14-8-3-4-9-15(14)27-17(16)18(24-19)22-11-12-6-5-7-13(21)10-12/h3-10H,2,11H2,1H3,(H,22,23,24). The molecule has 27 heavy (non-hydrogen) atoms. The number of carbonyl (C=O) groups is 1.